The average molecular weight is 420 g/mol. The first kappa shape index (κ1) is 19.9. The Morgan fingerprint density at radius 3 is 2.23 bits per heavy atom. The lowest BCUT2D eigenvalue weighted by Crippen LogP contribution is -2.11. The lowest BCUT2D eigenvalue weighted by molar-refractivity contribution is -0.140. The van der Waals surface area contributed by atoms with Crippen LogP contribution in [-0.2, 0) is 26.0 Å². The van der Waals surface area contributed by atoms with E-state index in [1.54, 1.807) is 36.5 Å². The Morgan fingerprint density at radius 2 is 1.57 bits per heavy atom. The predicted octanol–water partition coefficient (Wildman–Crippen LogP) is 4.65. The summed E-state index contributed by atoms with van der Waals surface area (Å²) in [6, 6.07) is 23.9. The number of hydrogen-bond donors (Lipinski definition) is 0. The molecule has 4 rings (SSSR count). The number of hydrogen-bond acceptors (Lipinski definition) is 4. The molecular formula is C24H21NO4S. The molecule has 0 aliphatic heterocycles. The summed E-state index contributed by atoms with van der Waals surface area (Å²) in [7, 11) is -2.42. The fourth-order valence-electron chi connectivity index (χ4n) is 3.52. The molecule has 0 radical (unpaired) electrons. The molecule has 0 saturated heterocycles. The van der Waals surface area contributed by atoms with E-state index in [4.69, 9.17) is 4.74 Å². The van der Waals surface area contributed by atoms with Crippen LogP contribution in [0.15, 0.2) is 90.0 Å². The van der Waals surface area contributed by atoms with Crippen LogP contribution in [0, 0.1) is 0 Å². The van der Waals surface area contributed by atoms with Crippen molar-refractivity contribution in [2.45, 2.75) is 17.7 Å². The number of aryl methyl sites for hydroxylation is 1. The molecule has 0 spiro atoms. The number of rotatable bonds is 6. The van der Waals surface area contributed by atoms with E-state index in [1.807, 2.05) is 48.5 Å². The Balaban J connectivity index is 1.88. The van der Waals surface area contributed by atoms with E-state index in [1.165, 1.54) is 11.1 Å². The maximum Gasteiger partial charge on any atom is 0.305 e. The lowest BCUT2D eigenvalue weighted by Gasteiger charge is -2.08. The van der Waals surface area contributed by atoms with E-state index in [0.29, 0.717) is 11.9 Å². The van der Waals surface area contributed by atoms with Crippen LogP contribution in [-0.4, -0.2) is 25.5 Å². The number of ether oxygens (including phenoxy) is 1. The summed E-state index contributed by atoms with van der Waals surface area (Å²) in [4.78, 5) is 11.9. The fourth-order valence-corrected chi connectivity index (χ4v) is 4.93. The summed E-state index contributed by atoms with van der Waals surface area (Å²) in [6.07, 6.45) is 2.18. The molecule has 30 heavy (non-hydrogen) atoms. The normalized spacial score (nSPS) is 11.5. The predicted molar refractivity (Wildman–Crippen MR) is 117 cm³/mol. The van der Waals surface area contributed by atoms with Gasteiger partial charge in [0.2, 0.25) is 0 Å². The highest BCUT2D eigenvalue weighted by Crippen LogP contribution is 2.31. The molecule has 0 amide bonds. The van der Waals surface area contributed by atoms with E-state index < -0.39 is 10.0 Å². The van der Waals surface area contributed by atoms with Gasteiger partial charge in [0.15, 0.2) is 0 Å². The number of carbonyl (C=O) groups is 1. The van der Waals surface area contributed by atoms with Crippen LogP contribution in [0.2, 0.25) is 0 Å². The van der Waals surface area contributed by atoms with E-state index >= 15 is 0 Å². The Hall–Kier alpha value is -3.38. The summed E-state index contributed by atoms with van der Waals surface area (Å²) in [5, 5.41) is 0.805. The molecule has 1 aromatic heterocycles. The highest BCUT2D eigenvalue weighted by molar-refractivity contribution is 7.90. The molecule has 5 nitrogen and oxygen atoms in total. The Bertz CT molecular complexity index is 1290. The van der Waals surface area contributed by atoms with Gasteiger partial charge in [0, 0.05) is 18.0 Å². The molecule has 0 fully saturated rings. The number of carbonyl (C=O) groups excluding carboxylic acids is 1. The third-order valence-electron chi connectivity index (χ3n) is 5.09. The Kier molecular flexibility index (Phi) is 5.42. The molecular weight excluding hydrogens is 398 g/mol. The highest BCUT2D eigenvalue weighted by Gasteiger charge is 2.21. The molecule has 0 unspecified atom stereocenters. The summed E-state index contributed by atoms with van der Waals surface area (Å²) in [6.45, 7) is 0. The fraction of sp³-hybridized carbons (Fsp3) is 0.125. The minimum atomic E-state index is -3.77. The van der Waals surface area contributed by atoms with Crippen LogP contribution in [0.1, 0.15) is 12.0 Å². The maximum atomic E-state index is 13.3. The van der Waals surface area contributed by atoms with Gasteiger partial charge in [0.05, 0.1) is 17.5 Å². The van der Waals surface area contributed by atoms with Gasteiger partial charge < -0.3 is 4.74 Å². The molecule has 3 aromatic carbocycles. The topological polar surface area (TPSA) is 65.4 Å². The largest absolute Gasteiger partial charge is 0.469 e. The van der Waals surface area contributed by atoms with Crippen LogP contribution in [0.5, 0.6) is 0 Å². The van der Waals surface area contributed by atoms with Gasteiger partial charge in [0.25, 0.3) is 10.0 Å². The van der Waals surface area contributed by atoms with Crippen molar-refractivity contribution in [3.8, 4) is 11.1 Å². The van der Waals surface area contributed by atoms with E-state index in [-0.39, 0.29) is 17.3 Å². The highest BCUT2D eigenvalue weighted by atomic mass is 32.2. The number of nitrogens with zero attached hydrogens (tertiary/aromatic N) is 1. The van der Waals surface area contributed by atoms with E-state index in [2.05, 4.69) is 0 Å². The van der Waals surface area contributed by atoms with Crippen molar-refractivity contribution in [1.82, 2.24) is 3.97 Å². The molecule has 1 heterocycles. The van der Waals surface area contributed by atoms with Gasteiger partial charge in [-0.25, -0.2) is 12.4 Å². The third-order valence-corrected chi connectivity index (χ3v) is 6.77. The molecule has 6 heteroatoms. The first-order valence-corrected chi connectivity index (χ1v) is 11.0. The molecule has 0 saturated carbocycles. The summed E-state index contributed by atoms with van der Waals surface area (Å²) < 4.78 is 32.6. The first-order valence-electron chi connectivity index (χ1n) is 9.57. The van der Waals surface area contributed by atoms with E-state index in [9.17, 15) is 13.2 Å². The second kappa shape index (κ2) is 8.16. The smallest absolute Gasteiger partial charge is 0.305 e. The summed E-state index contributed by atoms with van der Waals surface area (Å²) >= 11 is 0. The second-order valence-corrected chi connectivity index (χ2v) is 8.76. The summed E-state index contributed by atoms with van der Waals surface area (Å²) in [5.74, 6) is -0.332. The van der Waals surface area contributed by atoms with Crippen molar-refractivity contribution in [1.29, 1.82) is 0 Å². The van der Waals surface area contributed by atoms with Gasteiger partial charge in [-0.15, -0.1) is 0 Å². The standard InChI is InChI=1S/C24H21NO4S/c1-29-24(26)15-13-20-17-25(30(27,28)21-10-6-3-7-11-21)23-14-12-19(16-22(20)23)18-8-4-2-5-9-18/h2-12,14,16-17H,13,15H2,1H3. The molecule has 0 N–H and O–H groups in total. The zero-order chi connectivity index (χ0) is 21.1. The molecule has 152 valence electrons. The number of methoxy groups -OCH3 is 1. The van der Waals surface area contributed by atoms with Gasteiger partial charge in [0.1, 0.15) is 0 Å². The first-order chi connectivity index (χ1) is 14.5. The maximum absolute atomic E-state index is 13.3. The second-order valence-electron chi connectivity index (χ2n) is 6.94. The van der Waals surface area contributed by atoms with Crippen molar-refractivity contribution in [2.24, 2.45) is 0 Å². The summed E-state index contributed by atoms with van der Waals surface area (Å²) in [5.41, 5.74) is 3.39. The van der Waals surface area contributed by atoms with Crippen molar-refractivity contribution < 1.29 is 17.9 Å². The quantitative estimate of drug-likeness (QED) is 0.427. The molecule has 0 aliphatic rings. The van der Waals surface area contributed by atoms with Crippen LogP contribution in [0.4, 0.5) is 0 Å². The Morgan fingerprint density at radius 1 is 0.900 bits per heavy atom. The SMILES string of the molecule is COC(=O)CCc1cn(S(=O)(=O)c2ccccc2)c2ccc(-c3ccccc3)cc12. The molecule has 0 aliphatic carbocycles. The van der Waals surface area contributed by atoms with Gasteiger partial charge in [-0.1, -0.05) is 54.6 Å². The number of aromatic nitrogens is 1. The number of fused-ring (bicyclic) bond motifs is 1. The molecule has 0 atom stereocenters. The Labute approximate surface area is 175 Å². The van der Waals surface area contributed by atoms with Gasteiger partial charge >= 0.3 is 5.97 Å². The van der Waals surface area contributed by atoms with Crippen molar-refractivity contribution in [3.05, 3.63) is 90.6 Å². The van der Waals surface area contributed by atoms with Crippen LogP contribution < -0.4 is 0 Å². The van der Waals surface area contributed by atoms with Crippen molar-refractivity contribution in [2.75, 3.05) is 7.11 Å². The molecule has 4 aromatic rings. The van der Waals surface area contributed by atoms with Crippen LogP contribution >= 0.6 is 0 Å². The lowest BCUT2D eigenvalue weighted by atomic mass is 10.0. The van der Waals surface area contributed by atoms with Gasteiger partial charge in [-0.3, -0.25) is 4.79 Å². The molecule has 0 bridgehead atoms. The number of esters is 1. The minimum absolute atomic E-state index is 0.177. The van der Waals surface area contributed by atoms with Gasteiger partial charge in [-0.05, 0) is 47.4 Å². The average Bonchev–Trinajstić information content (AvgIpc) is 3.17. The zero-order valence-corrected chi connectivity index (χ0v) is 17.3. The van der Waals surface area contributed by atoms with Crippen LogP contribution in [0.3, 0.4) is 0 Å². The van der Waals surface area contributed by atoms with Crippen LogP contribution in [0.25, 0.3) is 22.0 Å². The monoisotopic (exact) mass is 419 g/mol. The zero-order valence-electron chi connectivity index (χ0n) is 16.5. The number of benzene rings is 3. The van der Waals surface area contributed by atoms with E-state index in [0.717, 1.165) is 22.1 Å². The van der Waals surface area contributed by atoms with Gasteiger partial charge in [-0.2, -0.15) is 0 Å². The minimum Gasteiger partial charge on any atom is -0.469 e. The third kappa shape index (κ3) is 3.74. The van der Waals surface area contributed by atoms with Crippen molar-refractivity contribution in [3.63, 3.8) is 0 Å². The van der Waals surface area contributed by atoms with Crippen molar-refractivity contribution >= 4 is 26.9 Å².